The summed E-state index contributed by atoms with van der Waals surface area (Å²) in [5.41, 5.74) is 0.853. The fourth-order valence-corrected chi connectivity index (χ4v) is 6.47. The molecule has 0 unspecified atom stereocenters. The van der Waals surface area contributed by atoms with E-state index in [1.165, 1.54) is 32.2 Å². The predicted molar refractivity (Wildman–Crippen MR) is 156 cm³/mol. The SMILES string of the molecule is C=Nc1ccc(OC(F)(F)F)cc1/C(=C(\C)S(=O)(=O)c1ccc(CC)cc1)N1CCC(O)(c2cccc(OC)c2)CC1. The molecule has 3 aromatic rings. The second-order valence-electron chi connectivity index (χ2n) is 10.0. The van der Waals surface area contributed by atoms with Gasteiger partial charge in [0.2, 0.25) is 9.84 Å². The van der Waals surface area contributed by atoms with Crippen LogP contribution < -0.4 is 9.47 Å². The molecule has 11 heteroatoms. The maximum absolute atomic E-state index is 13.9. The lowest BCUT2D eigenvalue weighted by Gasteiger charge is -2.41. The molecule has 1 fully saturated rings. The Labute approximate surface area is 243 Å². The number of aliphatic imine (C=N–C) groups is 1. The zero-order chi connectivity index (χ0) is 30.7. The molecule has 0 saturated carbocycles. The number of nitrogens with zero attached hydrogens (tertiary/aromatic N) is 2. The molecule has 0 spiro atoms. The average molecular weight is 603 g/mol. The van der Waals surface area contributed by atoms with Crippen LogP contribution in [0.3, 0.4) is 0 Å². The van der Waals surface area contributed by atoms with Crippen LogP contribution in [-0.4, -0.2) is 51.7 Å². The van der Waals surface area contributed by atoms with Crippen molar-refractivity contribution < 1.29 is 36.2 Å². The number of piperidine rings is 1. The number of likely N-dealkylation sites (tertiary alicyclic amines) is 1. The highest BCUT2D eigenvalue weighted by Crippen LogP contribution is 2.42. The van der Waals surface area contributed by atoms with E-state index in [2.05, 4.69) is 16.4 Å². The highest BCUT2D eigenvalue weighted by atomic mass is 32.2. The second kappa shape index (κ2) is 12.2. The summed E-state index contributed by atoms with van der Waals surface area (Å²) in [6.45, 7) is 7.32. The fourth-order valence-electron chi connectivity index (χ4n) is 5.13. The summed E-state index contributed by atoms with van der Waals surface area (Å²) in [6.07, 6.45) is -3.79. The standard InChI is InChI=1S/C31H33F3N2O5S/c1-5-22-9-12-26(13-10-22)42(38,39)21(2)29(27-20-25(41-31(32,33)34)11-14-28(27)35-3)36-17-15-30(37,16-18-36)23-7-6-8-24(19-23)40-4/h6-14,19-20,37H,3,5,15-18H2,1-2,4H3/b29-21-. The monoisotopic (exact) mass is 602 g/mol. The van der Waals surface area contributed by atoms with Crippen molar-refractivity contribution in [3.05, 3.63) is 88.3 Å². The molecule has 0 radical (unpaired) electrons. The van der Waals surface area contributed by atoms with Crippen LogP contribution in [0.5, 0.6) is 11.5 Å². The Balaban J connectivity index is 1.83. The van der Waals surface area contributed by atoms with Crippen LogP contribution in [0.4, 0.5) is 18.9 Å². The molecule has 1 heterocycles. The molecular formula is C31H33F3N2O5S. The van der Waals surface area contributed by atoms with Crippen LogP contribution in [-0.2, 0) is 21.9 Å². The molecule has 42 heavy (non-hydrogen) atoms. The summed E-state index contributed by atoms with van der Waals surface area (Å²) < 4.78 is 76.7. The number of methoxy groups -OCH3 is 1. The number of halogens is 3. The predicted octanol–water partition coefficient (Wildman–Crippen LogP) is 6.63. The first kappa shape index (κ1) is 31.1. The number of rotatable bonds is 9. The Morgan fingerprint density at radius 2 is 1.71 bits per heavy atom. The third-order valence-electron chi connectivity index (χ3n) is 7.52. The van der Waals surface area contributed by atoms with Crippen LogP contribution in [0.2, 0.25) is 0 Å². The van der Waals surface area contributed by atoms with Gasteiger partial charge >= 0.3 is 6.36 Å². The molecule has 224 valence electrons. The molecule has 0 aliphatic carbocycles. The smallest absolute Gasteiger partial charge is 0.497 e. The highest BCUT2D eigenvalue weighted by molar-refractivity contribution is 7.95. The van der Waals surface area contributed by atoms with Crippen molar-refractivity contribution in [2.45, 2.75) is 50.0 Å². The van der Waals surface area contributed by atoms with Crippen LogP contribution in [0.1, 0.15) is 43.4 Å². The van der Waals surface area contributed by atoms with E-state index in [9.17, 15) is 26.7 Å². The molecular weight excluding hydrogens is 569 g/mol. The van der Waals surface area contributed by atoms with Crippen molar-refractivity contribution in [2.75, 3.05) is 20.2 Å². The number of hydrogen-bond donors (Lipinski definition) is 1. The summed E-state index contributed by atoms with van der Waals surface area (Å²) in [7, 11) is -2.56. The van der Waals surface area contributed by atoms with E-state index in [1.807, 2.05) is 6.92 Å². The van der Waals surface area contributed by atoms with Gasteiger partial charge in [-0.05, 0) is 86.5 Å². The van der Waals surface area contributed by atoms with Crippen LogP contribution >= 0.6 is 0 Å². The Morgan fingerprint density at radius 1 is 1.05 bits per heavy atom. The van der Waals surface area contributed by atoms with Gasteiger partial charge in [0.25, 0.3) is 0 Å². The molecule has 0 bridgehead atoms. The zero-order valence-electron chi connectivity index (χ0n) is 23.6. The van der Waals surface area contributed by atoms with E-state index < -0.39 is 27.6 Å². The van der Waals surface area contributed by atoms with Gasteiger partial charge in [0.1, 0.15) is 11.5 Å². The first-order valence-electron chi connectivity index (χ1n) is 13.3. The van der Waals surface area contributed by atoms with E-state index in [1.54, 1.807) is 41.3 Å². The number of ether oxygens (including phenoxy) is 2. The lowest BCUT2D eigenvalue weighted by atomic mass is 9.84. The number of aliphatic hydroxyl groups is 1. The minimum absolute atomic E-state index is 0.0513. The lowest BCUT2D eigenvalue weighted by molar-refractivity contribution is -0.274. The van der Waals surface area contributed by atoms with Gasteiger partial charge in [-0.2, -0.15) is 0 Å². The van der Waals surface area contributed by atoms with Crippen molar-refractivity contribution in [3.63, 3.8) is 0 Å². The molecule has 0 aromatic heterocycles. The maximum Gasteiger partial charge on any atom is 0.573 e. The number of benzene rings is 3. The molecule has 0 atom stereocenters. The van der Waals surface area contributed by atoms with Gasteiger partial charge in [-0.15, -0.1) is 13.2 Å². The van der Waals surface area contributed by atoms with Crippen LogP contribution in [0, 0.1) is 0 Å². The Bertz CT molecular complexity index is 1580. The normalized spacial score (nSPS) is 16.0. The molecule has 1 aliphatic rings. The van der Waals surface area contributed by atoms with Gasteiger partial charge in [0.05, 0.1) is 33.9 Å². The van der Waals surface area contributed by atoms with Crippen molar-refractivity contribution in [2.24, 2.45) is 4.99 Å². The molecule has 7 nitrogen and oxygen atoms in total. The van der Waals surface area contributed by atoms with E-state index in [4.69, 9.17) is 4.74 Å². The number of hydrogen-bond acceptors (Lipinski definition) is 7. The Morgan fingerprint density at radius 3 is 2.29 bits per heavy atom. The van der Waals surface area contributed by atoms with E-state index in [0.717, 1.165) is 24.1 Å². The van der Waals surface area contributed by atoms with Gasteiger partial charge in [0, 0.05) is 18.7 Å². The number of allylic oxidation sites excluding steroid dienone is 1. The summed E-state index contributed by atoms with van der Waals surface area (Å²) in [5.74, 6) is 0.0629. The fraction of sp³-hybridized carbons (Fsp3) is 0.323. The third-order valence-corrected chi connectivity index (χ3v) is 9.41. The summed E-state index contributed by atoms with van der Waals surface area (Å²) in [4.78, 5) is 5.70. The largest absolute Gasteiger partial charge is 0.573 e. The number of sulfone groups is 1. The molecule has 1 aliphatic heterocycles. The minimum Gasteiger partial charge on any atom is -0.497 e. The van der Waals surface area contributed by atoms with Gasteiger partial charge in [-0.25, -0.2) is 8.42 Å². The lowest BCUT2D eigenvalue weighted by Crippen LogP contribution is -2.42. The van der Waals surface area contributed by atoms with Gasteiger partial charge in [-0.3, -0.25) is 4.99 Å². The molecule has 1 N–H and O–H groups in total. The van der Waals surface area contributed by atoms with E-state index in [-0.39, 0.29) is 52.7 Å². The maximum atomic E-state index is 13.9. The van der Waals surface area contributed by atoms with Crippen molar-refractivity contribution in [1.29, 1.82) is 0 Å². The van der Waals surface area contributed by atoms with Crippen molar-refractivity contribution in [3.8, 4) is 11.5 Å². The van der Waals surface area contributed by atoms with E-state index in [0.29, 0.717) is 11.3 Å². The summed E-state index contributed by atoms with van der Waals surface area (Å²) in [5, 5.41) is 11.5. The Hall–Kier alpha value is -3.83. The van der Waals surface area contributed by atoms with Gasteiger partial charge in [-0.1, -0.05) is 31.2 Å². The van der Waals surface area contributed by atoms with Gasteiger partial charge < -0.3 is 19.5 Å². The third kappa shape index (κ3) is 6.63. The summed E-state index contributed by atoms with van der Waals surface area (Å²) >= 11 is 0. The quantitative estimate of drug-likeness (QED) is 0.277. The van der Waals surface area contributed by atoms with Crippen LogP contribution in [0.15, 0.2) is 81.5 Å². The first-order valence-corrected chi connectivity index (χ1v) is 14.8. The van der Waals surface area contributed by atoms with Crippen LogP contribution in [0.25, 0.3) is 5.70 Å². The Kier molecular flexibility index (Phi) is 9.03. The number of alkyl halides is 3. The molecule has 1 saturated heterocycles. The zero-order valence-corrected chi connectivity index (χ0v) is 24.4. The van der Waals surface area contributed by atoms with Crippen molar-refractivity contribution >= 4 is 27.9 Å². The van der Waals surface area contributed by atoms with Crippen molar-refractivity contribution in [1.82, 2.24) is 4.90 Å². The van der Waals surface area contributed by atoms with Gasteiger partial charge in [0.15, 0.2) is 0 Å². The summed E-state index contributed by atoms with van der Waals surface area (Å²) in [6, 6.07) is 17.1. The van der Waals surface area contributed by atoms with E-state index >= 15 is 0 Å². The minimum atomic E-state index is -4.95. The molecule has 3 aromatic carbocycles. The topological polar surface area (TPSA) is 88.4 Å². The molecule has 4 rings (SSSR count). The second-order valence-corrected chi connectivity index (χ2v) is 12.1. The number of aryl methyl sites for hydroxylation is 1. The average Bonchev–Trinajstić information content (AvgIpc) is 2.97. The molecule has 0 amide bonds. The highest BCUT2D eigenvalue weighted by Gasteiger charge is 2.37. The first-order chi connectivity index (χ1) is 19.8.